The Morgan fingerprint density at radius 1 is 0.600 bits per heavy atom. The number of rotatable bonds is 23. The number of ether oxygens (including phenoxy) is 4. The fourth-order valence-electron chi connectivity index (χ4n) is 3.56. The van der Waals surface area contributed by atoms with E-state index < -0.39 is 0 Å². The minimum absolute atomic E-state index is 0. The van der Waals surface area contributed by atoms with Crippen molar-refractivity contribution < 1.29 is 23.7 Å². The molecule has 2 rings (SSSR count). The van der Waals surface area contributed by atoms with Crippen molar-refractivity contribution in [2.45, 2.75) is 72.9 Å². The third kappa shape index (κ3) is 24.7. The summed E-state index contributed by atoms with van der Waals surface area (Å²) in [5, 5.41) is 6.38. The van der Waals surface area contributed by atoms with E-state index in [1.807, 2.05) is 44.2 Å². The molecule has 0 aliphatic rings. The van der Waals surface area contributed by atoms with Gasteiger partial charge in [-0.2, -0.15) is 0 Å². The number of hydrogen-bond acceptors (Lipinski definition) is 6. The van der Waals surface area contributed by atoms with Gasteiger partial charge >= 0.3 is 0 Å². The van der Waals surface area contributed by atoms with Crippen LogP contribution in [0.1, 0.15) is 70.9 Å². The normalized spacial score (nSPS) is 10.3. The van der Waals surface area contributed by atoms with Crippen LogP contribution in [0.15, 0.2) is 60.7 Å². The van der Waals surface area contributed by atoms with Gasteiger partial charge < -0.3 is 29.6 Å². The molecule has 0 fully saturated rings. The minimum Gasteiger partial charge on any atom is -0.379 e. The summed E-state index contributed by atoms with van der Waals surface area (Å²) in [6.45, 7) is 12.4. The molecule has 0 unspecified atom stereocenters. The number of hydrogen-bond donors (Lipinski definition) is 2. The third-order valence-electron chi connectivity index (χ3n) is 5.74. The predicted molar refractivity (Wildman–Crippen MR) is 165 cm³/mol. The summed E-state index contributed by atoms with van der Waals surface area (Å²) >= 11 is 0. The number of amides is 1. The average molecular weight is 561 g/mol. The summed E-state index contributed by atoms with van der Waals surface area (Å²) in [6, 6.07) is 20.4. The molecule has 40 heavy (non-hydrogen) atoms. The second kappa shape index (κ2) is 29.7. The number of carbonyl (C=O) groups is 1. The van der Waals surface area contributed by atoms with Gasteiger partial charge in [-0.05, 0) is 63.6 Å². The SMILES string of the molecule is C.CCOCCOCCCCC(=O)NCc1ccccc1.CCOCCOCCCCCNCc1ccccc1. The summed E-state index contributed by atoms with van der Waals surface area (Å²) < 4.78 is 21.2. The van der Waals surface area contributed by atoms with Gasteiger partial charge in [-0.3, -0.25) is 4.79 Å². The molecule has 1 amide bonds. The molecule has 0 spiro atoms. The molecule has 0 atom stereocenters. The lowest BCUT2D eigenvalue weighted by molar-refractivity contribution is -0.121. The Labute approximate surface area is 244 Å². The zero-order chi connectivity index (χ0) is 28.1. The average Bonchev–Trinajstić information content (AvgIpc) is 2.97. The quantitative estimate of drug-likeness (QED) is 0.159. The fourth-order valence-corrected chi connectivity index (χ4v) is 3.56. The van der Waals surface area contributed by atoms with Crippen LogP contribution >= 0.6 is 0 Å². The molecule has 0 aliphatic heterocycles. The molecule has 0 saturated carbocycles. The molecule has 2 N–H and O–H groups in total. The van der Waals surface area contributed by atoms with Crippen LogP contribution in [0.5, 0.6) is 0 Å². The summed E-state index contributed by atoms with van der Waals surface area (Å²) in [4.78, 5) is 11.6. The van der Waals surface area contributed by atoms with Gasteiger partial charge in [0.2, 0.25) is 5.91 Å². The van der Waals surface area contributed by atoms with Crippen molar-refractivity contribution in [1.29, 1.82) is 0 Å². The lowest BCUT2D eigenvalue weighted by Gasteiger charge is -2.06. The van der Waals surface area contributed by atoms with E-state index in [0.29, 0.717) is 32.8 Å². The number of nitrogens with one attached hydrogen (secondary N) is 2. The number of benzene rings is 2. The van der Waals surface area contributed by atoms with E-state index in [9.17, 15) is 4.79 Å². The van der Waals surface area contributed by atoms with Gasteiger partial charge in [0.15, 0.2) is 0 Å². The topological polar surface area (TPSA) is 78.1 Å². The Morgan fingerprint density at radius 2 is 1.10 bits per heavy atom. The second-order valence-corrected chi connectivity index (χ2v) is 9.06. The maximum atomic E-state index is 11.6. The fraction of sp³-hybridized carbons (Fsp3) is 0.606. The van der Waals surface area contributed by atoms with Crippen LogP contribution in [0.4, 0.5) is 0 Å². The Morgan fingerprint density at radius 3 is 1.65 bits per heavy atom. The van der Waals surface area contributed by atoms with E-state index in [-0.39, 0.29) is 13.3 Å². The van der Waals surface area contributed by atoms with Gasteiger partial charge in [0.1, 0.15) is 0 Å². The molecule has 7 heteroatoms. The van der Waals surface area contributed by atoms with E-state index in [1.54, 1.807) is 0 Å². The molecule has 0 radical (unpaired) electrons. The van der Waals surface area contributed by atoms with Crippen LogP contribution in [-0.4, -0.2) is 65.3 Å². The summed E-state index contributed by atoms with van der Waals surface area (Å²) in [5.74, 6) is 0.100. The smallest absolute Gasteiger partial charge is 0.220 e. The van der Waals surface area contributed by atoms with E-state index in [0.717, 1.165) is 70.9 Å². The summed E-state index contributed by atoms with van der Waals surface area (Å²) in [5.41, 5.74) is 2.47. The molecule has 0 bridgehead atoms. The zero-order valence-electron chi connectivity index (χ0n) is 24.3. The Kier molecular flexibility index (Phi) is 28.0. The van der Waals surface area contributed by atoms with Crippen molar-refractivity contribution in [2.24, 2.45) is 0 Å². The van der Waals surface area contributed by atoms with Crippen LogP contribution in [0.2, 0.25) is 0 Å². The van der Waals surface area contributed by atoms with Crippen molar-refractivity contribution >= 4 is 5.91 Å². The van der Waals surface area contributed by atoms with Gasteiger partial charge in [0.25, 0.3) is 0 Å². The van der Waals surface area contributed by atoms with Crippen molar-refractivity contribution in [3.8, 4) is 0 Å². The summed E-state index contributed by atoms with van der Waals surface area (Å²) in [6.07, 6.45) is 5.89. The Balaban J connectivity index is 0.000000743. The molecule has 0 aromatic heterocycles. The maximum absolute atomic E-state index is 11.6. The zero-order valence-corrected chi connectivity index (χ0v) is 24.3. The lowest BCUT2D eigenvalue weighted by Crippen LogP contribution is -2.22. The highest BCUT2D eigenvalue weighted by Crippen LogP contribution is 2.01. The molecule has 0 saturated heterocycles. The van der Waals surface area contributed by atoms with Crippen LogP contribution < -0.4 is 10.6 Å². The maximum Gasteiger partial charge on any atom is 0.220 e. The van der Waals surface area contributed by atoms with Crippen LogP contribution in [-0.2, 0) is 36.8 Å². The molecule has 7 nitrogen and oxygen atoms in total. The molecular weight excluding hydrogens is 504 g/mol. The first-order valence-corrected chi connectivity index (χ1v) is 14.6. The first-order valence-electron chi connectivity index (χ1n) is 14.6. The Hall–Kier alpha value is -2.29. The third-order valence-corrected chi connectivity index (χ3v) is 5.74. The number of carbonyl (C=O) groups excluding carboxylic acids is 1. The standard InChI is InChI=1S/C16H25NO3.C16H27NO2.CH4/c1-2-19-12-13-20-11-7-6-10-16(18)17-14-15-8-4-3-5-9-15;1-2-18-13-14-19-12-8-4-7-11-17-15-16-9-5-3-6-10-16;/h3-5,8-9H,2,6-7,10-14H2,1H3,(H,17,18);3,5-6,9-10,17H,2,4,7-8,11-15H2,1H3;1H4. The first-order chi connectivity index (χ1) is 19.3. The van der Waals surface area contributed by atoms with Crippen molar-refractivity contribution in [1.82, 2.24) is 10.6 Å². The van der Waals surface area contributed by atoms with Crippen LogP contribution in [0, 0.1) is 0 Å². The van der Waals surface area contributed by atoms with E-state index in [1.165, 1.54) is 18.4 Å². The Bertz CT molecular complexity index is 777. The molecule has 228 valence electrons. The van der Waals surface area contributed by atoms with Gasteiger partial charge in [-0.1, -0.05) is 68.1 Å². The molecule has 2 aromatic carbocycles. The van der Waals surface area contributed by atoms with E-state index in [2.05, 4.69) is 41.0 Å². The van der Waals surface area contributed by atoms with Gasteiger partial charge in [-0.15, -0.1) is 0 Å². The molecular formula is C33H56N2O5. The highest BCUT2D eigenvalue weighted by molar-refractivity contribution is 5.75. The van der Waals surface area contributed by atoms with Crippen molar-refractivity contribution in [2.75, 3.05) is 59.4 Å². The predicted octanol–water partition coefficient (Wildman–Crippen LogP) is 6.16. The second-order valence-electron chi connectivity index (χ2n) is 9.06. The van der Waals surface area contributed by atoms with Gasteiger partial charge in [0.05, 0.1) is 26.4 Å². The van der Waals surface area contributed by atoms with Crippen molar-refractivity contribution in [3.05, 3.63) is 71.8 Å². The molecule has 0 aliphatic carbocycles. The number of unbranched alkanes of at least 4 members (excludes halogenated alkanes) is 3. The lowest BCUT2D eigenvalue weighted by atomic mass is 10.2. The monoisotopic (exact) mass is 560 g/mol. The molecule has 0 heterocycles. The van der Waals surface area contributed by atoms with E-state index >= 15 is 0 Å². The highest BCUT2D eigenvalue weighted by atomic mass is 16.5. The first kappa shape index (κ1) is 37.7. The largest absolute Gasteiger partial charge is 0.379 e. The highest BCUT2D eigenvalue weighted by Gasteiger charge is 2.01. The van der Waals surface area contributed by atoms with Crippen LogP contribution in [0.3, 0.4) is 0 Å². The van der Waals surface area contributed by atoms with Gasteiger partial charge in [0, 0.05) is 45.9 Å². The van der Waals surface area contributed by atoms with Crippen molar-refractivity contribution in [3.63, 3.8) is 0 Å². The molecule has 2 aromatic rings. The summed E-state index contributed by atoms with van der Waals surface area (Å²) in [7, 11) is 0. The van der Waals surface area contributed by atoms with Gasteiger partial charge in [-0.25, -0.2) is 0 Å². The van der Waals surface area contributed by atoms with E-state index in [4.69, 9.17) is 18.9 Å². The minimum atomic E-state index is 0. The van der Waals surface area contributed by atoms with Crippen LogP contribution in [0.25, 0.3) is 0 Å².